The molecule has 0 radical (unpaired) electrons. The molecular formula is C16H24F2O2. The van der Waals surface area contributed by atoms with Crippen LogP contribution in [-0.4, -0.2) is 35.8 Å². The van der Waals surface area contributed by atoms with Crippen molar-refractivity contribution in [2.45, 2.75) is 75.6 Å². The van der Waals surface area contributed by atoms with Crippen molar-refractivity contribution in [3.63, 3.8) is 0 Å². The second kappa shape index (κ2) is 4.91. The quantitative estimate of drug-likeness (QED) is 0.803. The molecule has 2 nitrogen and oxygen atoms in total. The molecule has 4 fully saturated rings. The van der Waals surface area contributed by atoms with Crippen molar-refractivity contribution in [2.75, 3.05) is 0 Å². The van der Waals surface area contributed by atoms with Gasteiger partial charge in [-0.25, -0.2) is 8.78 Å². The summed E-state index contributed by atoms with van der Waals surface area (Å²) in [4.78, 5) is 0. The van der Waals surface area contributed by atoms with Gasteiger partial charge in [-0.1, -0.05) is 19.3 Å². The molecular weight excluding hydrogens is 262 g/mol. The van der Waals surface area contributed by atoms with Gasteiger partial charge in [-0.05, 0) is 49.4 Å². The maximum absolute atomic E-state index is 14.8. The topological polar surface area (TPSA) is 29.5 Å². The van der Waals surface area contributed by atoms with Crippen LogP contribution in [0.4, 0.5) is 8.78 Å². The largest absolute Gasteiger partial charge is 0.390 e. The van der Waals surface area contributed by atoms with E-state index in [1.807, 2.05) is 0 Å². The van der Waals surface area contributed by atoms with Crippen molar-refractivity contribution in [2.24, 2.45) is 23.7 Å². The number of ether oxygens (including phenoxy) is 1. The van der Waals surface area contributed by atoms with Gasteiger partial charge >= 0.3 is 0 Å². The Morgan fingerprint density at radius 1 is 0.750 bits per heavy atom. The molecule has 20 heavy (non-hydrogen) atoms. The molecule has 1 N–H and O–H groups in total. The molecule has 3 saturated carbocycles. The Kier molecular flexibility index (Phi) is 3.30. The zero-order chi connectivity index (χ0) is 13.9. The number of aliphatic hydroxyl groups excluding tert-OH is 1. The maximum atomic E-state index is 14.8. The molecule has 4 heteroatoms. The molecule has 1 heterocycles. The predicted molar refractivity (Wildman–Crippen MR) is 70.7 cm³/mol. The molecule has 0 spiro atoms. The van der Waals surface area contributed by atoms with Gasteiger partial charge in [-0.3, -0.25) is 0 Å². The Morgan fingerprint density at radius 2 is 1.35 bits per heavy atom. The van der Waals surface area contributed by atoms with Crippen molar-refractivity contribution >= 4 is 0 Å². The van der Waals surface area contributed by atoms with Crippen LogP contribution in [0.1, 0.15) is 44.9 Å². The summed E-state index contributed by atoms with van der Waals surface area (Å²) in [6, 6.07) is 0. The van der Waals surface area contributed by atoms with E-state index in [9.17, 15) is 13.9 Å². The highest BCUT2D eigenvalue weighted by Gasteiger charge is 2.57. The summed E-state index contributed by atoms with van der Waals surface area (Å²) in [5.74, 6) is 0.966. The number of aliphatic hydroxyl groups is 1. The second-order valence-corrected chi connectivity index (χ2v) is 7.36. The first kappa shape index (κ1) is 13.4. The number of halogens is 2. The van der Waals surface area contributed by atoms with Crippen LogP contribution in [0.5, 0.6) is 0 Å². The van der Waals surface area contributed by atoms with E-state index in [1.54, 1.807) is 0 Å². The molecule has 0 aromatic rings. The second-order valence-electron chi connectivity index (χ2n) is 7.36. The number of alkyl halides is 2. The van der Waals surface area contributed by atoms with Crippen molar-refractivity contribution in [1.29, 1.82) is 0 Å². The molecule has 3 aliphatic carbocycles. The highest BCUT2D eigenvalue weighted by molar-refractivity contribution is 5.05. The number of hydrogen-bond donors (Lipinski definition) is 1. The monoisotopic (exact) mass is 286 g/mol. The third-order valence-corrected chi connectivity index (χ3v) is 6.50. The standard InChI is InChI=1S/C16H24F2O2/c17-13-9(8-2-1-3-8)4-5-10-11-6-7-12(19)14(18)16(11)20-15(10)13/h8-16,19H,1-7H2. The van der Waals surface area contributed by atoms with Crippen LogP contribution in [0.15, 0.2) is 0 Å². The zero-order valence-electron chi connectivity index (χ0n) is 11.8. The molecule has 0 aromatic heterocycles. The molecule has 0 aromatic carbocycles. The van der Waals surface area contributed by atoms with Crippen LogP contribution in [0.3, 0.4) is 0 Å². The lowest BCUT2D eigenvalue weighted by molar-refractivity contribution is -0.110. The van der Waals surface area contributed by atoms with E-state index in [0.29, 0.717) is 12.3 Å². The average molecular weight is 286 g/mol. The van der Waals surface area contributed by atoms with Crippen LogP contribution in [0, 0.1) is 23.7 Å². The molecule has 114 valence electrons. The first-order chi connectivity index (χ1) is 9.66. The van der Waals surface area contributed by atoms with Gasteiger partial charge in [0.05, 0.1) is 18.3 Å². The first-order valence-electron chi connectivity index (χ1n) is 8.28. The Bertz CT molecular complexity index is 373. The van der Waals surface area contributed by atoms with E-state index < -0.39 is 30.7 Å². The SMILES string of the molecule is OC1CCC2C3CCC(C4CCC4)C(F)C3OC2C1F. The van der Waals surface area contributed by atoms with Crippen molar-refractivity contribution in [1.82, 2.24) is 0 Å². The average Bonchev–Trinajstić information content (AvgIpc) is 2.75. The van der Waals surface area contributed by atoms with E-state index in [1.165, 1.54) is 6.42 Å². The van der Waals surface area contributed by atoms with Crippen molar-refractivity contribution in [3.8, 4) is 0 Å². The molecule has 4 aliphatic rings. The van der Waals surface area contributed by atoms with E-state index in [4.69, 9.17) is 4.74 Å². The number of hydrogen-bond acceptors (Lipinski definition) is 2. The number of fused-ring (bicyclic) bond motifs is 3. The third kappa shape index (κ3) is 1.87. The lowest BCUT2D eigenvalue weighted by Crippen LogP contribution is -2.44. The highest BCUT2D eigenvalue weighted by Crippen LogP contribution is 2.53. The number of rotatable bonds is 1. The van der Waals surface area contributed by atoms with Gasteiger partial charge in [0.15, 0.2) is 6.17 Å². The fourth-order valence-corrected chi connectivity index (χ4v) is 5.14. The highest BCUT2D eigenvalue weighted by atomic mass is 19.1. The lowest BCUT2D eigenvalue weighted by atomic mass is 9.63. The van der Waals surface area contributed by atoms with E-state index in [2.05, 4.69) is 0 Å². The fourth-order valence-electron chi connectivity index (χ4n) is 5.14. The van der Waals surface area contributed by atoms with Crippen molar-refractivity contribution < 1.29 is 18.6 Å². The predicted octanol–water partition coefficient (Wildman–Crippen LogP) is 3.03. The van der Waals surface area contributed by atoms with Crippen LogP contribution in [-0.2, 0) is 4.74 Å². The normalized spacial score (nSPS) is 56.0. The fraction of sp³-hybridized carbons (Fsp3) is 1.00. The molecule has 0 amide bonds. The minimum Gasteiger partial charge on any atom is -0.390 e. The molecule has 0 bridgehead atoms. The third-order valence-electron chi connectivity index (χ3n) is 6.50. The lowest BCUT2D eigenvalue weighted by Gasteiger charge is -2.43. The molecule has 1 saturated heterocycles. The summed E-state index contributed by atoms with van der Waals surface area (Å²) in [7, 11) is 0. The first-order valence-corrected chi connectivity index (χ1v) is 8.28. The maximum Gasteiger partial charge on any atom is 0.152 e. The summed E-state index contributed by atoms with van der Waals surface area (Å²) in [5, 5.41) is 9.66. The van der Waals surface area contributed by atoms with E-state index in [-0.39, 0.29) is 17.8 Å². The van der Waals surface area contributed by atoms with Gasteiger partial charge in [0, 0.05) is 0 Å². The minimum absolute atomic E-state index is 0.124. The summed E-state index contributed by atoms with van der Waals surface area (Å²) in [6.07, 6.45) is 2.60. The molecule has 8 atom stereocenters. The van der Waals surface area contributed by atoms with Crippen LogP contribution in [0.2, 0.25) is 0 Å². The van der Waals surface area contributed by atoms with Crippen LogP contribution < -0.4 is 0 Å². The summed E-state index contributed by atoms with van der Waals surface area (Å²) >= 11 is 0. The van der Waals surface area contributed by atoms with Crippen LogP contribution in [0.25, 0.3) is 0 Å². The summed E-state index contributed by atoms with van der Waals surface area (Å²) in [6.45, 7) is 0. The van der Waals surface area contributed by atoms with Crippen molar-refractivity contribution in [3.05, 3.63) is 0 Å². The van der Waals surface area contributed by atoms with Gasteiger partial charge in [0.25, 0.3) is 0 Å². The van der Waals surface area contributed by atoms with Gasteiger partial charge in [0.2, 0.25) is 0 Å². The smallest absolute Gasteiger partial charge is 0.152 e. The van der Waals surface area contributed by atoms with Gasteiger partial charge < -0.3 is 9.84 Å². The molecule has 8 unspecified atom stereocenters. The van der Waals surface area contributed by atoms with Crippen LogP contribution >= 0.6 is 0 Å². The minimum atomic E-state index is -1.33. The summed E-state index contributed by atoms with van der Waals surface area (Å²) < 4.78 is 34.8. The summed E-state index contributed by atoms with van der Waals surface area (Å²) in [5.41, 5.74) is 0. The van der Waals surface area contributed by atoms with E-state index in [0.717, 1.165) is 32.1 Å². The Morgan fingerprint density at radius 3 is 2.00 bits per heavy atom. The Balaban J connectivity index is 1.51. The Hall–Kier alpha value is -0.220. The van der Waals surface area contributed by atoms with Gasteiger partial charge in [-0.15, -0.1) is 0 Å². The van der Waals surface area contributed by atoms with Gasteiger partial charge in [-0.2, -0.15) is 0 Å². The zero-order valence-corrected chi connectivity index (χ0v) is 11.8. The van der Waals surface area contributed by atoms with E-state index >= 15 is 0 Å². The molecule has 4 rings (SSSR count). The molecule has 1 aliphatic heterocycles. The Labute approximate surface area is 118 Å². The van der Waals surface area contributed by atoms with Gasteiger partial charge in [0.1, 0.15) is 6.17 Å².